The van der Waals surface area contributed by atoms with Crippen LogP contribution in [0.5, 0.6) is 0 Å². The molecule has 1 fully saturated rings. The Bertz CT molecular complexity index is 822. The van der Waals surface area contributed by atoms with Gasteiger partial charge in [0.1, 0.15) is 0 Å². The molecule has 0 atom stereocenters. The standard InChI is InChI=1S/C17H15N3O2S/c21-17(11-7-8-11)18-13-5-2-1-4-12(13)10-15-19-16(20-22-15)14-6-3-9-23-14/h1-6,9,11H,7-8,10H2,(H,18,21). The Morgan fingerprint density at radius 3 is 2.91 bits per heavy atom. The van der Waals surface area contributed by atoms with Gasteiger partial charge in [0.05, 0.1) is 11.3 Å². The van der Waals surface area contributed by atoms with Crippen molar-refractivity contribution < 1.29 is 9.32 Å². The SMILES string of the molecule is O=C(Nc1ccccc1Cc1nc(-c2cccs2)no1)C1CC1. The third kappa shape index (κ3) is 3.17. The number of nitrogens with one attached hydrogen (secondary N) is 1. The van der Waals surface area contributed by atoms with Crippen molar-refractivity contribution in [3.05, 3.63) is 53.2 Å². The van der Waals surface area contributed by atoms with E-state index in [4.69, 9.17) is 4.52 Å². The Labute approximate surface area is 137 Å². The predicted molar refractivity (Wildman–Crippen MR) is 88.2 cm³/mol. The van der Waals surface area contributed by atoms with E-state index in [1.807, 2.05) is 41.8 Å². The predicted octanol–water partition coefficient (Wildman–Crippen LogP) is 3.74. The summed E-state index contributed by atoms with van der Waals surface area (Å²) < 4.78 is 5.35. The summed E-state index contributed by atoms with van der Waals surface area (Å²) >= 11 is 1.58. The van der Waals surface area contributed by atoms with Crippen LogP contribution in [0.25, 0.3) is 10.7 Å². The maximum absolute atomic E-state index is 12.0. The van der Waals surface area contributed by atoms with Gasteiger partial charge < -0.3 is 9.84 Å². The molecule has 1 aliphatic rings. The van der Waals surface area contributed by atoms with Crippen LogP contribution in [0.3, 0.4) is 0 Å². The molecule has 1 N–H and O–H groups in total. The number of hydrogen-bond donors (Lipinski definition) is 1. The lowest BCUT2D eigenvalue weighted by Gasteiger charge is -2.09. The first-order chi connectivity index (χ1) is 11.3. The molecule has 0 aliphatic heterocycles. The zero-order valence-corrected chi connectivity index (χ0v) is 13.2. The number of para-hydroxylation sites is 1. The first-order valence-electron chi connectivity index (χ1n) is 7.55. The first kappa shape index (κ1) is 14.1. The fourth-order valence-electron chi connectivity index (χ4n) is 2.37. The molecule has 116 valence electrons. The molecule has 3 aromatic rings. The van der Waals surface area contributed by atoms with Gasteiger partial charge in [-0.05, 0) is 35.9 Å². The van der Waals surface area contributed by atoms with Crippen molar-refractivity contribution in [1.82, 2.24) is 10.1 Å². The fourth-order valence-corrected chi connectivity index (χ4v) is 3.02. The Kier molecular flexibility index (Phi) is 3.67. The van der Waals surface area contributed by atoms with Crippen LogP contribution in [0, 0.1) is 5.92 Å². The molecule has 0 saturated heterocycles. The average molecular weight is 325 g/mol. The summed E-state index contributed by atoms with van der Waals surface area (Å²) in [6, 6.07) is 11.7. The normalized spacial score (nSPS) is 13.9. The number of hydrogen-bond acceptors (Lipinski definition) is 5. The monoisotopic (exact) mass is 325 g/mol. The quantitative estimate of drug-likeness (QED) is 0.776. The molecular formula is C17H15N3O2S. The fraction of sp³-hybridized carbons (Fsp3) is 0.235. The maximum atomic E-state index is 12.0. The van der Waals surface area contributed by atoms with E-state index in [0.717, 1.165) is 29.0 Å². The molecule has 6 heteroatoms. The van der Waals surface area contributed by atoms with Crippen LogP contribution in [-0.2, 0) is 11.2 Å². The van der Waals surface area contributed by atoms with Gasteiger partial charge in [0.2, 0.25) is 17.6 Å². The van der Waals surface area contributed by atoms with Crippen LogP contribution < -0.4 is 5.32 Å². The third-order valence-corrected chi connectivity index (χ3v) is 4.64. The van der Waals surface area contributed by atoms with Crippen molar-refractivity contribution in [2.75, 3.05) is 5.32 Å². The zero-order chi connectivity index (χ0) is 15.6. The Morgan fingerprint density at radius 1 is 1.26 bits per heavy atom. The van der Waals surface area contributed by atoms with Gasteiger partial charge in [-0.1, -0.05) is 29.4 Å². The van der Waals surface area contributed by atoms with Crippen molar-refractivity contribution in [1.29, 1.82) is 0 Å². The number of carbonyl (C=O) groups excluding carboxylic acids is 1. The molecular weight excluding hydrogens is 310 g/mol. The van der Waals surface area contributed by atoms with E-state index in [9.17, 15) is 4.79 Å². The minimum atomic E-state index is 0.0993. The average Bonchev–Trinajstić information content (AvgIpc) is 3.08. The summed E-state index contributed by atoms with van der Waals surface area (Å²) in [7, 11) is 0. The van der Waals surface area contributed by atoms with Gasteiger partial charge in [-0.25, -0.2) is 0 Å². The van der Waals surface area contributed by atoms with Crippen molar-refractivity contribution in [2.45, 2.75) is 19.3 Å². The molecule has 2 aromatic heterocycles. The van der Waals surface area contributed by atoms with Crippen LogP contribution in [0.4, 0.5) is 5.69 Å². The Hall–Kier alpha value is -2.47. The number of nitrogens with zero attached hydrogens (tertiary/aromatic N) is 2. The highest BCUT2D eigenvalue weighted by molar-refractivity contribution is 7.13. The van der Waals surface area contributed by atoms with E-state index in [-0.39, 0.29) is 11.8 Å². The Morgan fingerprint density at radius 2 is 2.13 bits per heavy atom. The number of thiophene rings is 1. The minimum Gasteiger partial charge on any atom is -0.339 e. The largest absolute Gasteiger partial charge is 0.339 e. The van der Waals surface area contributed by atoms with Gasteiger partial charge in [0.15, 0.2) is 0 Å². The van der Waals surface area contributed by atoms with E-state index in [2.05, 4.69) is 15.5 Å². The van der Waals surface area contributed by atoms with Crippen molar-refractivity contribution in [2.24, 2.45) is 5.92 Å². The lowest BCUT2D eigenvalue weighted by molar-refractivity contribution is -0.117. The van der Waals surface area contributed by atoms with E-state index in [1.165, 1.54) is 0 Å². The molecule has 5 nitrogen and oxygen atoms in total. The summed E-state index contributed by atoms with van der Waals surface area (Å²) in [6.45, 7) is 0. The van der Waals surface area contributed by atoms with Gasteiger partial charge in [0.25, 0.3) is 0 Å². The summed E-state index contributed by atoms with van der Waals surface area (Å²) in [5.41, 5.74) is 1.79. The minimum absolute atomic E-state index is 0.0993. The van der Waals surface area contributed by atoms with Crippen LogP contribution in [-0.4, -0.2) is 16.0 Å². The number of carbonyl (C=O) groups is 1. The summed E-state index contributed by atoms with van der Waals surface area (Å²) in [5, 5.41) is 9.00. The van der Waals surface area contributed by atoms with Crippen molar-refractivity contribution >= 4 is 22.9 Å². The number of anilines is 1. The smallest absolute Gasteiger partial charge is 0.231 e. The van der Waals surface area contributed by atoms with Crippen molar-refractivity contribution in [3.8, 4) is 10.7 Å². The molecule has 4 rings (SSSR count). The Balaban J connectivity index is 1.53. The van der Waals surface area contributed by atoms with Crippen LogP contribution in [0.2, 0.25) is 0 Å². The molecule has 23 heavy (non-hydrogen) atoms. The molecule has 0 spiro atoms. The highest BCUT2D eigenvalue weighted by Crippen LogP contribution is 2.31. The second-order valence-corrected chi connectivity index (χ2v) is 6.53. The highest BCUT2D eigenvalue weighted by Gasteiger charge is 2.29. The van der Waals surface area contributed by atoms with Crippen molar-refractivity contribution in [3.63, 3.8) is 0 Å². The van der Waals surface area contributed by atoms with Gasteiger partial charge >= 0.3 is 0 Å². The summed E-state index contributed by atoms with van der Waals surface area (Å²) in [5.74, 6) is 1.43. The molecule has 1 aliphatic carbocycles. The molecule has 1 amide bonds. The molecule has 1 saturated carbocycles. The van der Waals surface area contributed by atoms with Crippen LogP contribution in [0.15, 0.2) is 46.3 Å². The van der Waals surface area contributed by atoms with Gasteiger partial charge in [-0.2, -0.15) is 4.98 Å². The molecule has 0 unspecified atom stereocenters. The second-order valence-electron chi connectivity index (χ2n) is 5.59. The highest BCUT2D eigenvalue weighted by atomic mass is 32.1. The number of rotatable bonds is 5. The summed E-state index contributed by atoms with van der Waals surface area (Å²) in [4.78, 5) is 17.4. The second kappa shape index (κ2) is 5.96. The summed E-state index contributed by atoms with van der Waals surface area (Å²) in [6.07, 6.45) is 2.48. The van der Waals surface area contributed by atoms with Crippen LogP contribution in [0.1, 0.15) is 24.3 Å². The zero-order valence-electron chi connectivity index (χ0n) is 12.4. The molecule has 2 heterocycles. The van der Waals surface area contributed by atoms with Crippen LogP contribution >= 0.6 is 11.3 Å². The van der Waals surface area contributed by atoms with Gasteiger partial charge in [0, 0.05) is 11.6 Å². The lowest BCUT2D eigenvalue weighted by atomic mass is 10.1. The topological polar surface area (TPSA) is 68.0 Å². The van der Waals surface area contributed by atoms with Gasteiger partial charge in [-0.3, -0.25) is 4.79 Å². The number of amides is 1. The van der Waals surface area contributed by atoms with E-state index >= 15 is 0 Å². The van der Waals surface area contributed by atoms with E-state index < -0.39 is 0 Å². The lowest BCUT2D eigenvalue weighted by Crippen LogP contribution is -2.14. The number of aromatic nitrogens is 2. The van der Waals surface area contributed by atoms with Gasteiger partial charge in [-0.15, -0.1) is 11.3 Å². The van der Waals surface area contributed by atoms with E-state index in [1.54, 1.807) is 11.3 Å². The maximum Gasteiger partial charge on any atom is 0.231 e. The first-order valence-corrected chi connectivity index (χ1v) is 8.43. The molecule has 1 aromatic carbocycles. The molecule has 0 bridgehead atoms. The third-order valence-electron chi connectivity index (χ3n) is 3.77. The molecule has 0 radical (unpaired) electrons. The van der Waals surface area contributed by atoms with E-state index in [0.29, 0.717) is 18.1 Å². The number of benzene rings is 1.